The van der Waals surface area contributed by atoms with Gasteiger partial charge in [-0.25, -0.2) is 17.9 Å². The number of hydrogen-bond acceptors (Lipinski definition) is 3. The topological polar surface area (TPSA) is 89.3 Å². The monoisotopic (exact) mass is 342 g/mol. The van der Waals surface area contributed by atoms with E-state index in [1.807, 2.05) is 0 Å². The van der Waals surface area contributed by atoms with Crippen molar-refractivity contribution in [3.8, 4) is 0 Å². The SMILES string of the molecule is NS(=O)(=O)c1cc(C(=O)NCc2ccccc2F)ccc1Cl. The van der Waals surface area contributed by atoms with Gasteiger partial charge < -0.3 is 5.32 Å². The number of sulfonamides is 1. The van der Waals surface area contributed by atoms with Crippen molar-refractivity contribution in [2.45, 2.75) is 11.4 Å². The summed E-state index contributed by atoms with van der Waals surface area (Å²) in [5, 5.41) is 7.44. The standard InChI is InChI=1S/C14H12ClFN2O3S/c15-11-6-5-9(7-13(11)22(17,20)21)14(19)18-8-10-3-1-2-4-12(10)16/h1-7H,8H2,(H,18,19)(H2,17,20,21). The Morgan fingerprint density at radius 2 is 1.91 bits per heavy atom. The fraction of sp³-hybridized carbons (Fsp3) is 0.0714. The second-order valence-electron chi connectivity index (χ2n) is 4.46. The number of halogens is 2. The fourth-order valence-corrected chi connectivity index (χ4v) is 2.85. The number of hydrogen-bond donors (Lipinski definition) is 2. The van der Waals surface area contributed by atoms with Crippen LogP contribution in [0.2, 0.25) is 5.02 Å². The number of amides is 1. The predicted molar refractivity (Wildman–Crippen MR) is 80.4 cm³/mol. The zero-order valence-electron chi connectivity index (χ0n) is 11.2. The average Bonchev–Trinajstić information content (AvgIpc) is 2.45. The maximum Gasteiger partial charge on any atom is 0.251 e. The van der Waals surface area contributed by atoms with Crippen molar-refractivity contribution in [1.82, 2.24) is 5.32 Å². The molecule has 0 unspecified atom stereocenters. The minimum absolute atomic E-state index is 0.0289. The predicted octanol–water partition coefficient (Wildman–Crippen LogP) is 2.06. The Kier molecular flexibility index (Phi) is 4.80. The Labute approximate surface area is 131 Å². The van der Waals surface area contributed by atoms with Crippen molar-refractivity contribution in [1.29, 1.82) is 0 Å². The largest absolute Gasteiger partial charge is 0.348 e. The first-order chi connectivity index (χ1) is 10.3. The van der Waals surface area contributed by atoms with Crippen molar-refractivity contribution in [2.24, 2.45) is 5.14 Å². The van der Waals surface area contributed by atoms with Crippen LogP contribution < -0.4 is 10.5 Å². The molecule has 2 aromatic carbocycles. The molecule has 0 spiro atoms. The highest BCUT2D eigenvalue weighted by Gasteiger charge is 2.16. The molecule has 0 aliphatic rings. The molecule has 0 aromatic heterocycles. The molecule has 0 saturated carbocycles. The summed E-state index contributed by atoms with van der Waals surface area (Å²) in [7, 11) is -4.04. The van der Waals surface area contributed by atoms with Gasteiger partial charge in [-0.05, 0) is 24.3 Å². The van der Waals surface area contributed by atoms with Gasteiger partial charge in [0, 0.05) is 17.7 Å². The molecule has 0 bridgehead atoms. The lowest BCUT2D eigenvalue weighted by Crippen LogP contribution is -2.24. The maximum atomic E-state index is 13.5. The number of rotatable bonds is 4. The quantitative estimate of drug-likeness (QED) is 0.891. The van der Waals surface area contributed by atoms with Crippen LogP contribution in [0.1, 0.15) is 15.9 Å². The van der Waals surface area contributed by atoms with Gasteiger partial charge in [-0.3, -0.25) is 4.79 Å². The third kappa shape index (κ3) is 3.82. The molecule has 0 atom stereocenters. The van der Waals surface area contributed by atoms with Gasteiger partial charge >= 0.3 is 0 Å². The second kappa shape index (κ2) is 6.43. The molecule has 8 heteroatoms. The average molecular weight is 343 g/mol. The van der Waals surface area contributed by atoms with Crippen molar-refractivity contribution < 1.29 is 17.6 Å². The van der Waals surface area contributed by atoms with E-state index in [9.17, 15) is 17.6 Å². The molecule has 0 fully saturated rings. The van der Waals surface area contributed by atoms with E-state index in [4.69, 9.17) is 16.7 Å². The molecule has 22 heavy (non-hydrogen) atoms. The minimum atomic E-state index is -4.04. The van der Waals surface area contributed by atoms with Crippen molar-refractivity contribution in [3.63, 3.8) is 0 Å². The molecule has 2 rings (SSSR count). The maximum absolute atomic E-state index is 13.5. The Bertz CT molecular complexity index is 825. The zero-order chi connectivity index (χ0) is 16.3. The molecular formula is C14H12ClFN2O3S. The van der Waals surface area contributed by atoms with E-state index >= 15 is 0 Å². The van der Waals surface area contributed by atoms with E-state index < -0.39 is 21.7 Å². The summed E-state index contributed by atoms with van der Waals surface area (Å²) in [6.45, 7) is -0.0289. The second-order valence-corrected chi connectivity index (χ2v) is 6.40. The molecule has 5 nitrogen and oxygen atoms in total. The van der Waals surface area contributed by atoms with Crippen molar-refractivity contribution in [2.75, 3.05) is 0 Å². The number of nitrogens with two attached hydrogens (primary N) is 1. The van der Waals surface area contributed by atoms with Crippen LogP contribution in [0.3, 0.4) is 0 Å². The van der Waals surface area contributed by atoms with E-state index in [2.05, 4.69) is 5.32 Å². The fourth-order valence-electron chi connectivity index (χ4n) is 1.78. The first kappa shape index (κ1) is 16.4. The molecule has 1 amide bonds. The summed E-state index contributed by atoms with van der Waals surface area (Å²) in [6, 6.07) is 9.70. The lowest BCUT2D eigenvalue weighted by Gasteiger charge is -2.08. The Morgan fingerprint density at radius 1 is 1.23 bits per heavy atom. The van der Waals surface area contributed by atoms with Crippen LogP contribution >= 0.6 is 11.6 Å². The summed E-state index contributed by atoms with van der Waals surface area (Å²) in [5.74, 6) is -1.01. The van der Waals surface area contributed by atoms with Gasteiger partial charge in [-0.2, -0.15) is 0 Å². The third-order valence-corrected chi connectivity index (χ3v) is 4.29. The van der Waals surface area contributed by atoms with E-state index in [1.54, 1.807) is 6.07 Å². The van der Waals surface area contributed by atoms with Gasteiger partial charge in [0.05, 0.1) is 5.02 Å². The van der Waals surface area contributed by atoms with Crippen molar-refractivity contribution in [3.05, 3.63) is 64.4 Å². The molecule has 3 N–H and O–H groups in total. The highest BCUT2D eigenvalue weighted by Crippen LogP contribution is 2.21. The highest BCUT2D eigenvalue weighted by atomic mass is 35.5. The van der Waals surface area contributed by atoms with Gasteiger partial charge in [0.15, 0.2) is 0 Å². The van der Waals surface area contributed by atoms with Gasteiger partial charge in [0.1, 0.15) is 10.7 Å². The summed E-state index contributed by atoms with van der Waals surface area (Å²) < 4.78 is 36.2. The summed E-state index contributed by atoms with van der Waals surface area (Å²) in [5.41, 5.74) is 0.376. The van der Waals surface area contributed by atoms with Gasteiger partial charge in [-0.15, -0.1) is 0 Å². The summed E-state index contributed by atoms with van der Waals surface area (Å²) in [4.78, 5) is 11.7. The lowest BCUT2D eigenvalue weighted by atomic mass is 10.2. The van der Waals surface area contributed by atoms with E-state index in [0.717, 1.165) is 6.07 Å². The van der Waals surface area contributed by atoms with Crippen LogP contribution in [0.15, 0.2) is 47.4 Å². The van der Waals surface area contributed by atoms with Crippen LogP contribution in [-0.4, -0.2) is 14.3 Å². The van der Waals surface area contributed by atoms with E-state index in [-0.39, 0.29) is 22.0 Å². The van der Waals surface area contributed by atoms with Crippen LogP contribution in [0.25, 0.3) is 0 Å². The molecule has 0 saturated heterocycles. The van der Waals surface area contributed by atoms with Gasteiger partial charge in [-0.1, -0.05) is 29.8 Å². The first-order valence-electron chi connectivity index (χ1n) is 6.13. The molecule has 0 aliphatic carbocycles. The van der Waals surface area contributed by atoms with E-state index in [1.165, 1.54) is 30.3 Å². The summed E-state index contributed by atoms with van der Waals surface area (Å²) in [6.07, 6.45) is 0. The Balaban J connectivity index is 2.19. The lowest BCUT2D eigenvalue weighted by molar-refractivity contribution is 0.0950. The first-order valence-corrected chi connectivity index (χ1v) is 8.05. The number of carbonyl (C=O) groups excluding carboxylic acids is 1. The smallest absolute Gasteiger partial charge is 0.251 e. The number of carbonyl (C=O) groups is 1. The molecule has 2 aromatic rings. The molecular weight excluding hydrogens is 331 g/mol. The Morgan fingerprint density at radius 3 is 2.55 bits per heavy atom. The van der Waals surface area contributed by atoms with Crippen LogP contribution in [0, 0.1) is 5.82 Å². The Hall–Kier alpha value is -1.96. The zero-order valence-corrected chi connectivity index (χ0v) is 12.8. The van der Waals surface area contributed by atoms with Crippen LogP contribution in [0.4, 0.5) is 4.39 Å². The molecule has 0 aliphatic heterocycles. The van der Waals surface area contributed by atoms with Crippen molar-refractivity contribution >= 4 is 27.5 Å². The van der Waals surface area contributed by atoms with Crippen LogP contribution in [-0.2, 0) is 16.6 Å². The number of primary sulfonamides is 1. The van der Waals surface area contributed by atoms with E-state index in [0.29, 0.717) is 5.56 Å². The molecule has 0 heterocycles. The number of benzene rings is 2. The highest BCUT2D eigenvalue weighted by molar-refractivity contribution is 7.89. The van der Waals surface area contributed by atoms with Gasteiger partial charge in [0.2, 0.25) is 10.0 Å². The summed E-state index contributed by atoms with van der Waals surface area (Å²) >= 11 is 5.74. The normalized spacial score (nSPS) is 11.2. The molecule has 116 valence electrons. The number of nitrogens with one attached hydrogen (secondary N) is 1. The molecule has 0 radical (unpaired) electrons. The minimum Gasteiger partial charge on any atom is -0.348 e. The third-order valence-electron chi connectivity index (χ3n) is 2.90. The van der Waals surface area contributed by atoms with Crippen LogP contribution in [0.5, 0.6) is 0 Å². The van der Waals surface area contributed by atoms with Gasteiger partial charge in [0.25, 0.3) is 5.91 Å².